The van der Waals surface area contributed by atoms with Crippen LogP contribution in [0, 0.1) is 0 Å². The van der Waals surface area contributed by atoms with Crippen LogP contribution in [0.15, 0.2) is 40.8 Å². The summed E-state index contributed by atoms with van der Waals surface area (Å²) in [5.74, 6) is 1.71. The number of aliphatic hydroxyl groups is 1. The fourth-order valence-electron chi connectivity index (χ4n) is 1.97. The van der Waals surface area contributed by atoms with Crippen molar-refractivity contribution in [3.63, 3.8) is 0 Å². The smallest absolute Gasteiger partial charge is 0.134 e. The Labute approximate surface area is 154 Å². The Hall–Kier alpha value is -0.750. The lowest BCUT2D eigenvalue weighted by Gasteiger charge is -2.07. The first kappa shape index (κ1) is 22.2. The van der Waals surface area contributed by atoms with E-state index in [-0.39, 0.29) is 30.9 Å². The van der Waals surface area contributed by atoms with Crippen molar-refractivity contribution in [2.24, 2.45) is 0 Å². The second kappa shape index (κ2) is 11.7. The highest BCUT2D eigenvalue weighted by molar-refractivity contribution is 6.30. The highest BCUT2D eigenvalue weighted by Crippen LogP contribution is 2.24. The average Bonchev–Trinajstić information content (AvgIpc) is 2.91. The maximum atomic E-state index is 9.11. The molecule has 2 aromatic rings. The predicted octanol–water partition coefficient (Wildman–Crippen LogP) is 3.50. The zero-order valence-electron chi connectivity index (χ0n) is 12.9. The van der Waals surface area contributed by atoms with Gasteiger partial charge in [-0.05, 0) is 31.2 Å². The van der Waals surface area contributed by atoms with Gasteiger partial charge in [-0.3, -0.25) is 0 Å². The lowest BCUT2D eigenvalue weighted by molar-refractivity contribution is 0.191. The van der Waals surface area contributed by atoms with Gasteiger partial charge in [-0.15, -0.1) is 24.8 Å². The maximum Gasteiger partial charge on any atom is 0.134 e. The van der Waals surface area contributed by atoms with Gasteiger partial charge in [0.1, 0.15) is 11.5 Å². The quantitative estimate of drug-likeness (QED) is 0.613. The summed E-state index contributed by atoms with van der Waals surface area (Å²) in [6.45, 7) is 4.69. The van der Waals surface area contributed by atoms with Gasteiger partial charge in [0.15, 0.2) is 0 Å². The van der Waals surface area contributed by atoms with Crippen LogP contribution < -0.4 is 10.6 Å². The molecular weight excluding hydrogens is 359 g/mol. The highest BCUT2D eigenvalue weighted by Gasteiger charge is 2.05. The first-order valence-corrected chi connectivity index (χ1v) is 7.47. The van der Waals surface area contributed by atoms with Crippen LogP contribution in [0.4, 0.5) is 0 Å². The SMILES string of the molecule is CC(O)CNCCNCc1ccc(-c2cccc(Cl)c2)o1.Cl.Cl. The summed E-state index contributed by atoms with van der Waals surface area (Å²) < 4.78 is 5.79. The molecular formula is C16H23Cl3N2O2. The second-order valence-corrected chi connectivity index (χ2v) is 5.44. The van der Waals surface area contributed by atoms with E-state index in [0.717, 1.165) is 30.2 Å². The number of aliphatic hydroxyl groups excluding tert-OH is 1. The summed E-state index contributed by atoms with van der Waals surface area (Å²) in [6.07, 6.45) is -0.310. The molecule has 4 nitrogen and oxygen atoms in total. The van der Waals surface area contributed by atoms with Gasteiger partial charge >= 0.3 is 0 Å². The topological polar surface area (TPSA) is 57.4 Å². The fraction of sp³-hybridized carbons (Fsp3) is 0.375. The number of halogens is 3. The maximum absolute atomic E-state index is 9.11. The number of hydrogen-bond donors (Lipinski definition) is 3. The van der Waals surface area contributed by atoms with Crippen molar-refractivity contribution in [2.45, 2.75) is 19.6 Å². The molecule has 0 aliphatic carbocycles. The lowest BCUT2D eigenvalue weighted by Crippen LogP contribution is -2.31. The van der Waals surface area contributed by atoms with E-state index in [1.807, 2.05) is 36.4 Å². The third-order valence-electron chi connectivity index (χ3n) is 2.99. The van der Waals surface area contributed by atoms with E-state index < -0.39 is 0 Å². The van der Waals surface area contributed by atoms with Crippen molar-refractivity contribution in [1.29, 1.82) is 0 Å². The molecule has 0 aliphatic heterocycles. The van der Waals surface area contributed by atoms with Gasteiger partial charge in [0.25, 0.3) is 0 Å². The summed E-state index contributed by atoms with van der Waals surface area (Å²) in [6, 6.07) is 11.5. The monoisotopic (exact) mass is 380 g/mol. The number of hydrogen-bond acceptors (Lipinski definition) is 4. The Kier molecular flexibility index (Phi) is 11.4. The fourth-order valence-corrected chi connectivity index (χ4v) is 2.16. The van der Waals surface area contributed by atoms with Crippen LogP contribution in [0.1, 0.15) is 12.7 Å². The van der Waals surface area contributed by atoms with E-state index in [1.165, 1.54) is 0 Å². The molecule has 130 valence electrons. The van der Waals surface area contributed by atoms with Crippen LogP contribution in [0.3, 0.4) is 0 Å². The summed E-state index contributed by atoms with van der Waals surface area (Å²) in [5.41, 5.74) is 0.979. The predicted molar refractivity (Wildman–Crippen MR) is 99.9 cm³/mol. The van der Waals surface area contributed by atoms with Crippen molar-refractivity contribution in [3.05, 3.63) is 47.2 Å². The van der Waals surface area contributed by atoms with Crippen LogP contribution in [-0.2, 0) is 6.54 Å². The molecule has 0 saturated carbocycles. The van der Waals surface area contributed by atoms with Gasteiger partial charge in [-0.2, -0.15) is 0 Å². The largest absolute Gasteiger partial charge is 0.460 e. The molecule has 0 aliphatic rings. The molecule has 1 aromatic carbocycles. The van der Waals surface area contributed by atoms with E-state index in [4.69, 9.17) is 21.1 Å². The van der Waals surface area contributed by atoms with E-state index in [0.29, 0.717) is 18.1 Å². The molecule has 3 N–H and O–H groups in total. The lowest BCUT2D eigenvalue weighted by atomic mass is 10.2. The average molecular weight is 382 g/mol. The second-order valence-electron chi connectivity index (χ2n) is 5.01. The Morgan fingerprint density at radius 3 is 2.57 bits per heavy atom. The molecule has 0 bridgehead atoms. The van der Waals surface area contributed by atoms with Gasteiger partial charge in [0.05, 0.1) is 12.6 Å². The minimum Gasteiger partial charge on any atom is -0.460 e. The molecule has 23 heavy (non-hydrogen) atoms. The van der Waals surface area contributed by atoms with Gasteiger partial charge in [0, 0.05) is 30.2 Å². The molecule has 1 atom stereocenters. The van der Waals surface area contributed by atoms with Crippen LogP contribution in [-0.4, -0.2) is 30.8 Å². The van der Waals surface area contributed by atoms with Crippen molar-refractivity contribution >= 4 is 36.4 Å². The molecule has 0 amide bonds. The van der Waals surface area contributed by atoms with Gasteiger partial charge < -0.3 is 20.2 Å². The summed E-state index contributed by atoms with van der Waals surface area (Å²) in [5, 5.41) is 16.2. The minimum atomic E-state index is -0.310. The molecule has 0 radical (unpaired) electrons. The summed E-state index contributed by atoms with van der Waals surface area (Å²) in [7, 11) is 0. The number of nitrogens with one attached hydrogen (secondary N) is 2. The summed E-state index contributed by atoms with van der Waals surface area (Å²) >= 11 is 5.98. The minimum absolute atomic E-state index is 0. The van der Waals surface area contributed by atoms with Crippen LogP contribution >= 0.6 is 36.4 Å². The van der Waals surface area contributed by atoms with E-state index in [1.54, 1.807) is 6.92 Å². The third-order valence-corrected chi connectivity index (χ3v) is 3.22. The van der Waals surface area contributed by atoms with Gasteiger partial charge in [-0.25, -0.2) is 0 Å². The van der Waals surface area contributed by atoms with Crippen LogP contribution in [0.25, 0.3) is 11.3 Å². The molecule has 1 aromatic heterocycles. The van der Waals surface area contributed by atoms with Crippen LogP contribution in [0.5, 0.6) is 0 Å². The highest BCUT2D eigenvalue weighted by atomic mass is 35.5. The number of benzene rings is 1. The molecule has 0 spiro atoms. The van der Waals surface area contributed by atoms with Crippen molar-refractivity contribution in [3.8, 4) is 11.3 Å². The van der Waals surface area contributed by atoms with Crippen molar-refractivity contribution in [2.75, 3.05) is 19.6 Å². The third kappa shape index (κ3) is 8.06. The molecule has 1 heterocycles. The molecule has 0 saturated heterocycles. The van der Waals surface area contributed by atoms with Crippen molar-refractivity contribution in [1.82, 2.24) is 10.6 Å². The normalized spacial score (nSPS) is 11.4. The summed E-state index contributed by atoms with van der Waals surface area (Å²) in [4.78, 5) is 0. The van der Waals surface area contributed by atoms with E-state index in [2.05, 4.69) is 10.6 Å². The first-order chi connectivity index (χ1) is 10.1. The molecule has 7 heteroatoms. The zero-order chi connectivity index (χ0) is 15.1. The molecule has 2 rings (SSSR count). The number of rotatable bonds is 8. The Morgan fingerprint density at radius 2 is 1.87 bits per heavy atom. The first-order valence-electron chi connectivity index (χ1n) is 7.09. The Bertz CT molecular complexity index is 562. The molecule has 1 unspecified atom stereocenters. The van der Waals surface area contributed by atoms with Crippen LogP contribution in [0.2, 0.25) is 5.02 Å². The van der Waals surface area contributed by atoms with Gasteiger partial charge in [0.2, 0.25) is 0 Å². The standard InChI is InChI=1S/C16H21ClN2O2.2ClH/c1-12(20)10-18-7-8-19-11-15-5-6-16(21-15)13-3-2-4-14(17)9-13;;/h2-6,9,12,18-20H,7-8,10-11H2,1H3;2*1H. The number of furan rings is 1. The van der Waals surface area contributed by atoms with Gasteiger partial charge in [-0.1, -0.05) is 23.7 Å². The Morgan fingerprint density at radius 1 is 1.13 bits per heavy atom. The van der Waals surface area contributed by atoms with Crippen molar-refractivity contribution < 1.29 is 9.52 Å². The van der Waals surface area contributed by atoms with E-state index >= 15 is 0 Å². The Balaban J connectivity index is 0.00000242. The van der Waals surface area contributed by atoms with E-state index in [9.17, 15) is 0 Å². The molecule has 0 fully saturated rings. The zero-order valence-corrected chi connectivity index (χ0v) is 15.3.